The van der Waals surface area contributed by atoms with Gasteiger partial charge in [0.1, 0.15) is 0 Å². The van der Waals surface area contributed by atoms with Crippen LogP contribution in [0.5, 0.6) is 0 Å². The van der Waals surface area contributed by atoms with Gasteiger partial charge in [-0.25, -0.2) is 0 Å². The Morgan fingerprint density at radius 2 is 2.00 bits per heavy atom. The fourth-order valence-electron chi connectivity index (χ4n) is 3.10. The molecule has 102 valence electrons. The number of hydrogen-bond donors (Lipinski definition) is 2. The monoisotopic (exact) mass is 251 g/mol. The van der Waals surface area contributed by atoms with Gasteiger partial charge in [-0.15, -0.1) is 0 Å². The van der Waals surface area contributed by atoms with Crippen molar-refractivity contribution in [1.82, 2.24) is 15.1 Å². The molecule has 3 N–H and O–H groups in total. The van der Waals surface area contributed by atoms with Gasteiger partial charge in [0.15, 0.2) is 5.96 Å². The van der Waals surface area contributed by atoms with Crippen LogP contribution in [-0.4, -0.2) is 67.6 Å². The van der Waals surface area contributed by atoms with Gasteiger partial charge < -0.3 is 11.1 Å². The fourth-order valence-corrected chi connectivity index (χ4v) is 3.10. The standard InChI is InChI=1S/C13H25N5/c14-13(15-8-11-2-1-3-11)16-9-12-10-17-4-6-18(12)7-5-17/h11-12H,1-10H2,(H3,14,15,16). The van der Waals surface area contributed by atoms with E-state index in [2.05, 4.69) is 20.1 Å². The highest BCUT2D eigenvalue weighted by atomic mass is 15.4. The molecule has 3 aliphatic heterocycles. The molecule has 1 saturated carbocycles. The van der Waals surface area contributed by atoms with Crippen LogP contribution in [0.3, 0.4) is 0 Å². The minimum Gasteiger partial charge on any atom is -0.370 e. The third kappa shape index (κ3) is 2.78. The quantitative estimate of drug-likeness (QED) is 0.532. The van der Waals surface area contributed by atoms with Crippen LogP contribution >= 0.6 is 0 Å². The lowest BCUT2D eigenvalue weighted by atomic mass is 9.86. The molecule has 0 aromatic rings. The summed E-state index contributed by atoms with van der Waals surface area (Å²) >= 11 is 0. The third-order valence-corrected chi connectivity index (χ3v) is 4.66. The summed E-state index contributed by atoms with van der Waals surface area (Å²) in [6.45, 7) is 7.94. The van der Waals surface area contributed by atoms with E-state index in [0.29, 0.717) is 12.0 Å². The first-order valence-electron chi connectivity index (χ1n) is 7.31. The molecule has 1 unspecified atom stereocenters. The van der Waals surface area contributed by atoms with Crippen LogP contribution < -0.4 is 11.1 Å². The zero-order chi connectivity index (χ0) is 12.4. The van der Waals surface area contributed by atoms with E-state index in [-0.39, 0.29) is 0 Å². The number of piperazine rings is 3. The largest absolute Gasteiger partial charge is 0.370 e. The van der Waals surface area contributed by atoms with Crippen LogP contribution in [0, 0.1) is 5.92 Å². The van der Waals surface area contributed by atoms with Gasteiger partial charge >= 0.3 is 0 Å². The molecule has 4 rings (SSSR count). The number of hydrogen-bond acceptors (Lipinski definition) is 3. The maximum absolute atomic E-state index is 5.92. The molecule has 2 bridgehead atoms. The summed E-state index contributed by atoms with van der Waals surface area (Å²) < 4.78 is 0. The second-order valence-electron chi connectivity index (χ2n) is 5.89. The lowest BCUT2D eigenvalue weighted by molar-refractivity contribution is 0.0154. The fraction of sp³-hybridized carbons (Fsp3) is 0.923. The first-order valence-corrected chi connectivity index (χ1v) is 7.31. The van der Waals surface area contributed by atoms with Crippen molar-refractivity contribution in [2.24, 2.45) is 16.6 Å². The molecule has 3 heterocycles. The molecule has 5 nitrogen and oxygen atoms in total. The summed E-state index contributed by atoms with van der Waals surface area (Å²) in [6, 6.07) is 0.616. The number of aliphatic imine (C=N–C) groups is 1. The molecule has 4 aliphatic rings. The topological polar surface area (TPSA) is 56.9 Å². The predicted molar refractivity (Wildman–Crippen MR) is 73.6 cm³/mol. The van der Waals surface area contributed by atoms with E-state index in [4.69, 9.17) is 5.73 Å². The minimum atomic E-state index is 0.616. The number of fused-ring (bicyclic) bond motifs is 3. The number of nitrogens with two attached hydrogens (primary N) is 1. The summed E-state index contributed by atoms with van der Waals surface area (Å²) in [5, 5.41) is 3.30. The Morgan fingerprint density at radius 3 is 2.56 bits per heavy atom. The average molecular weight is 251 g/mol. The van der Waals surface area contributed by atoms with Gasteiger partial charge in [0, 0.05) is 51.9 Å². The minimum absolute atomic E-state index is 0.616. The molecular weight excluding hydrogens is 226 g/mol. The van der Waals surface area contributed by atoms with Crippen LogP contribution in [0.25, 0.3) is 0 Å². The predicted octanol–water partition coefficient (Wildman–Crippen LogP) is -0.309. The van der Waals surface area contributed by atoms with Crippen LogP contribution in [0.4, 0.5) is 0 Å². The second-order valence-corrected chi connectivity index (χ2v) is 5.89. The molecule has 1 atom stereocenters. The normalized spacial score (nSPS) is 36.4. The zero-order valence-electron chi connectivity index (χ0n) is 11.1. The Labute approximate surface area is 109 Å². The highest BCUT2D eigenvalue weighted by Crippen LogP contribution is 2.26. The molecule has 1 aliphatic carbocycles. The maximum Gasteiger partial charge on any atom is 0.188 e. The van der Waals surface area contributed by atoms with Gasteiger partial charge in [0.2, 0.25) is 0 Å². The van der Waals surface area contributed by atoms with Crippen molar-refractivity contribution in [3.63, 3.8) is 0 Å². The third-order valence-electron chi connectivity index (χ3n) is 4.66. The zero-order valence-corrected chi connectivity index (χ0v) is 11.1. The summed E-state index contributed by atoms with van der Waals surface area (Å²) in [4.78, 5) is 9.57. The van der Waals surface area contributed by atoms with Crippen LogP contribution in [0.1, 0.15) is 19.3 Å². The Kier molecular flexibility index (Phi) is 3.70. The van der Waals surface area contributed by atoms with Gasteiger partial charge in [0.05, 0.1) is 0 Å². The summed E-state index contributed by atoms with van der Waals surface area (Å²) in [5.41, 5.74) is 5.92. The molecule has 3 saturated heterocycles. The molecule has 0 aromatic carbocycles. The van der Waals surface area contributed by atoms with Crippen LogP contribution in [0.15, 0.2) is 4.99 Å². The molecule has 5 heteroatoms. The van der Waals surface area contributed by atoms with Gasteiger partial charge in [-0.3, -0.25) is 14.8 Å². The Bertz CT molecular complexity index is 305. The SMILES string of the molecule is NC(=NCC1CCC1)NCC1CN2CCN1CC2. The molecule has 0 spiro atoms. The molecule has 0 amide bonds. The number of nitrogens with zero attached hydrogens (tertiary/aromatic N) is 3. The van der Waals surface area contributed by atoms with E-state index < -0.39 is 0 Å². The van der Waals surface area contributed by atoms with E-state index in [1.54, 1.807) is 0 Å². The Balaban J connectivity index is 1.40. The number of nitrogens with one attached hydrogen (secondary N) is 1. The first-order chi connectivity index (χ1) is 8.81. The van der Waals surface area contributed by atoms with Gasteiger partial charge in [0.25, 0.3) is 0 Å². The average Bonchev–Trinajstić information content (AvgIpc) is 2.36. The van der Waals surface area contributed by atoms with Crippen molar-refractivity contribution >= 4 is 5.96 Å². The molecule has 18 heavy (non-hydrogen) atoms. The highest BCUT2D eigenvalue weighted by molar-refractivity contribution is 5.77. The van der Waals surface area contributed by atoms with Crippen molar-refractivity contribution in [1.29, 1.82) is 0 Å². The van der Waals surface area contributed by atoms with Gasteiger partial charge in [-0.2, -0.15) is 0 Å². The Hall–Kier alpha value is -0.810. The van der Waals surface area contributed by atoms with Crippen molar-refractivity contribution in [2.45, 2.75) is 25.3 Å². The smallest absolute Gasteiger partial charge is 0.188 e. The summed E-state index contributed by atoms with van der Waals surface area (Å²) in [6.07, 6.45) is 4.05. The van der Waals surface area contributed by atoms with E-state index in [1.807, 2.05) is 0 Å². The summed E-state index contributed by atoms with van der Waals surface area (Å²) in [5.74, 6) is 1.44. The van der Waals surface area contributed by atoms with Crippen molar-refractivity contribution in [3.05, 3.63) is 0 Å². The maximum atomic E-state index is 5.92. The lowest BCUT2D eigenvalue weighted by Crippen LogP contribution is -2.63. The lowest BCUT2D eigenvalue weighted by Gasteiger charge is -2.47. The Morgan fingerprint density at radius 1 is 1.22 bits per heavy atom. The van der Waals surface area contributed by atoms with Crippen molar-refractivity contribution in [2.75, 3.05) is 45.8 Å². The second kappa shape index (κ2) is 5.45. The van der Waals surface area contributed by atoms with Gasteiger partial charge in [-0.1, -0.05) is 6.42 Å². The molecule has 0 radical (unpaired) electrons. The van der Waals surface area contributed by atoms with Crippen molar-refractivity contribution in [3.8, 4) is 0 Å². The van der Waals surface area contributed by atoms with E-state index >= 15 is 0 Å². The first kappa shape index (κ1) is 12.2. The van der Waals surface area contributed by atoms with Crippen molar-refractivity contribution < 1.29 is 0 Å². The summed E-state index contributed by atoms with van der Waals surface area (Å²) in [7, 11) is 0. The van der Waals surface area contributed by atoms with E-state index in [1.165, 1.54) is 52.0 Å². The molecule has 4 fully saturated rings. The van der Waals surface area contributed by atoms with Crippen LogP contribution in [0.2, 0.25) is 0 Å². The molecular formula is C13H25N5. The van der Waals surface area contributed by atoms with Gasteiger partial charge in [-0.05, 0) is 18.8 Å². The van der Waals surface area contributed by atoms with E-state index in [0.717, 1.165) is 19.0 Å². The number of guanidine groups is 1. The molecule has 0 aromatic heterocycles. The van der Waals surface area contributed by atoms with E-state index in [9.17, 15) is 0 Å². The van der Waals surface area contributed by atoms with Crippen LogP contribution in [-0.2, 0) is 0 Å². The number of rotatable bonds is 4. The highest BCUT2D eigenvalue weighted by Gasteiger charge is 2.31.